The van der Waals surface area contributed by atoms with Crippen molar-refractivity contribution in [3.63, 3.8) is 0 Å². The van der Waals surface area contributed by atoms with E-state index in [1.165, 1.54) is 35.2 Å². The lowest BCUT2D eigenvalue weighted by Crippen LogP contribution is -2.44. The van der Waals surface area contributed by atoms with Gasteiger partial charge in [-0.2, -0.15) is 0 Å². The molecule has 0 aliphatic heterocycles. The molecule has 0 radical (unpaired) electrons. The predicted octanol–water partition coefficient (Wildman–Crippen LogP) is 5.51. The second kappa shape index (κ2) is 18.1. The molecule has 3 N–H and O–H groups in total. The summed E-state index contributed by atoms with van der Waals surface area (Å²) in [7, 11) is 0. The van der Waals surface area contributed by atoms with Crippen LogP contribution < -0.4 is 10.1 Å². The van der Waals surface area contributed by atoms with Gasteiger partial charge < -0.3 is 25.2 Å². The Bertz CT molecular complexity index is 1320. The molecule has 3 aromatic rings. The fourth-order valence-corrected chi connectivity index (χ4v) is 4.58. The Morgan fingerprint density at radius 2 is 1.77 bits per heavy atom. The van der Waals surface area contributed by atoms with Gasteiger partial charge in [-0.3, -0.25) is 19.5 Å². The Morgan fingerprint density at radius 3 is 2.26 bits per heavy atom. The monoisotopic (exact) mass is 697 g/mol. The number of nitrogens with one attached hydrogen (secondary N) is 1. The molecular formula is C26H28Cl5N5O7. The number of aromatic nitrogens is 2. The fraction of sp³-hybridized carbons (Fsp3) is 0.346. The third kappa shape index (κ3) is 11.3. The molecule has 0 saturated carbocycles. The van der Waals surface area contributed by atoms with Gasteiger partial charge in [-0.15, -0.1) is 0 Å². The number of nitrogens with zero attached hydrogens (tertiary/aromatic N) is 4. The first-order valence-electron chi connectivity index (χ1n) is 12.6. The zero-order valence-corrected chi connectivity index (χ0v) is 26.4. The fourth-order valence-electron chi connectivity index (χ4n) is 3.53. The van der Waals surface area contributed by atoms with E-state index in [-0.39, 0.29) is 18.3 Å². The van der Waals surface area contributed by atoms with Crippen LogP contribution in [-0.2, 0) is 4.79 Å². The summed E-state index contributed by atoms with van der Waals surface area (Å²) in [5.41, 5.74) is 0.169. The van der Waals surface area contributed by atoms with Crippen LogP contribution in [0.25, 0.3) is 0 Å². The second-order valence-corrected chi connectivity index (χ2v) is 11.0. The Labute approximate surface area is 272 Å². The van der Waals surface area contributed by atoms with E-state index in [4.69, 9.17) is 67.8 Å². The topological polar surface area (TPSA) is 160 Å². The van der Waals surface area contributed by atoms with Gasteiger partial charge in [0, 0.05) is 36.1 Å². The van der Waals surface area contributed by atoms with Gasteiger partial charge in [0.2, 0.25) is 0 Å². The standard InChI is InChI=1S/C15H16Cl3N3O2.C11H12Cl2N2O5/c1-2-4-20(15(22)21-5-3-19-10-21)6-7-23-14-12(17)8-11(16)9-13(14)18;12-10(13)11(18)14-8(5-16)9(17)6-1-3-7(4-2-6)15(19)20/h3,5,8-10H,2,4,6-7H2,1H3;1-4,8-10,16-17H,5H2,(H,14,18)/t;8-,9-/m.1/s1. The van der Waals surface area contributed by atoms with Crippen molar-refractivity contribution in [1.82, 2.24) is 19.8 Å². The van der Waals surface area contributed by atoms with Gasteiger partial charge in [-0.05, 0) is 36.2 Å². The van der Waals surface area contributed by atoms with Gasteiger partial charge >= 0.3 is 6.03 Å². The van der Waals surface area contributed by atoms with Crippen LogP contribution in [0.15, 0.2) is 55.1 Å². The number of nitro benzene ring substituents is 1. The lowest BCUT2D eigenvalue weighted by atomic mass is 10.0. The number of amides is 2. The number of benzene rings is 2. The number of non-ortho nitro benzene ring substituents is 1. The van der Waals surface area contributed by atoms with Gasteiger partial charge in [0.1, 0.15) is 19.0 Å². The number of aliphatic hydroxyl groups is 2. The molecule has 1 aromatic heterocycles. The Hall–Kier alpha value is -2.84. The molecule has 43 heavy (non-hydrogen) atoms. The largest absolute Gasteiger partial charge is 0.489 e. The van der Waals surface area contributed by atoms with Crippen LogP contribution in [-0.4, -0.2) is 78.7 Å². The van der Waals surface area contributed by atoms with Gasteiger partial charge in [0.25, 0.3) is 11.6 Å². The molecule has 0 aliphatic carbocycles. The molecular weight excluding hydrogens is 672 g/mol. The lowest BCUT2D eigenvalue weighted by molar-refractivity contribution is -0.384. The van der Waals surface area contributed by atoms with Crippen molar-refractivity contribution in [1.29, 1.82) is 0 Å². The number of hydrogen-bond acceptors (Lipinski definition) is 8. The highest BCUT2D eigenvalue weighted by Gasteiger charge is 2.25. The summed E-state index contributed by atoms with van der Waals surface area (Å²) in [5.74, 6) is -0.391. The summed E-state index contributed by atoms with van der Waals surface area (Å²) in [6.07, 6.45) is 4.23. The van der Waals surface area contributed by atoms with Crippen LogP contribution in [0.1, 0.15) is 25.0 Å². The highest BCUT2D eigenvalue weighted by molar-refractivity contribution is 6.53. The number of nitro groups is 1. The molecule has 12 nitrogen and oxygen atoms in total. The SMILES string of the molecule is CCCN(CCOc1c(Cl)cc(Cl)cc1Cl)C(=O)n1ccnc1.O=C(N[C@H](CO)[C@H](O)c1ccc([N+](=O)[O-])cc1)C(Cl)Cl. The van der Waals surface area contributed by atoms with E-state index in [0.29, 0.717) is 39.5 Å². The molecule has 0 aliphatic rings. The highest BCUT2D eigenvalue weighted by Crippen LogP contribution is 2.35. The zero-order valence-electron chi connectivity index (χ0n) is 22.6. The number of carbonyl (C=O) groups excluding carboxylic acids is 2. The Balaban J connectivity index is 0.000000304. The summed E-state index contributed by atoms with van der Waals surface area (Å²) >= 11 is 28.7. The average Bonchev–Trinajstić information content (AvgIpc) is 3.51. The highest BCUT2D eigenvalue weighted by atomic mass is 35.5. The lowest BCUT2D eigenvalue weighted by Gasteiger charge is -2.22. The maximum atomic E-state index is 12.3. The van der Waals surface area contributed by atoms with Crippen molar-refractivity contribution in [2.24, 2.45) is 0 Å². The quantitative estimate of drug-likeness (QED) is 0.127. The normalized spacial score (nSPS) is 12.1. The first-order valence-corrected chi connectivity index (χ1v) is 14.6. The van der Waals surface area contributed by atoms with E-state index >= 15 is 0 Å². The van der Waals surface area contributed by atoms with E-state index < -0.39 is 34.4 Å². The van der Waals surface area contributed by atoms with E-state index in [0.717, 1.165) is 6.42 Å². The molecule has 0 saturated heterocycles. The number of carbonyl (C=O) groups is 2. The number of aliphatic hydroxyl groups excluding tert-OH is 2. The third-order valence-corrected chi connectivity index (χ3v) is 6.79. The molecule has 0 bridgehead atoms. The van der Waals surface area contributed by atoms with Gasteiger partial charge in [0.15, 0.2) is 10.6 Å². The molecule has 17 heteroatoms. The molecule has 2 amide bonds. The molecule has 0 unspecified atom stereocenters. The summed E-state index contributed by atoms with van der Waals surface area (Å²) in [4.78, 5) is 37.8. The summed E-state index contributed by atoms with van der Waals surface area (Å²) in [6.45, 7) is 2.73. The molecule has 2 atom stereocenters. The van der Waals surface area contributed by atoms with Crippen molar-refractivity contribution in [2.45, 2.75) is 30.3 Å². The summed E-state index contributed by atoms with van der Waals surface area (Å²) < 4.78 is 7.05. The molecule has 0 fully saturated rings. The number of rotatable bonds is 12. The molecule has 2 aromatic carbocycles. The van der Waals surface area contributed by atoms with Crippen LogP contribution in [0.2, 0.25) is 15.1 Å². The number of ether oxygens (including phenoxy) is 1. The molecule has 3 rings (SSSR count). The predicted molar refractivity (Wildman–Crippen MR) is 164 cm³/mol. The van der Waals surface area contributed by atoms with Crippen molar-refractivity contribution in [3.8, 4) is 5.75 Å². The summed E-state index contributed by atoms with van der Waals surface area (Å²) in [6, 6.07) is 7.02. The Morgan fingerprint density at radius 1 is 1.14 bits per heavy atom. The number of imidazole rings is 1. The van der Waals surface area contributed by atoms with E-state index in [9.17, 15) is 24.8 Å². The third-order valence-electron chi connectivity index (χ3n) is 5.61. The Kier molecular flexibility index (Phi) is 15.3. The van der Waals surface area contributed by atoms with Crippen LogP contribution >= 0.6 is 58.0 Å². The van der Waals surface area contributed by atoms with Crippen LogP contribution in [0.5, 0.6) is 5.75 Å². The van der Waals surface area contributed by atoms with E-state index in [2.05, 4.69) is 10.3 Å². The minimum absolute atomic E-state index is 0.132. The molecule has 234 valence electrons. The number of hydrogen-bond donors (Lipinski definition) is 3. The van der Waals surface area contributed by atoms with Gasteiger partial charge in [0.05, 0.1) is 34.2 Å². The summed E-state index contributed by atoms with van der Waals surface area (Å²) in [5, 5.41) is 33.1. The van der Waals surface area contributed by atoms with E-state index in [1.54, 1.807) is 29.4 Å². The van der Waals surface area contributed by atoms with E-state index in [1.807, 2.05) is 6.92 Å². The maximum absolute atomic E-state index is 12.3. The minimum Gasteiger partial charge on any atom is -0.489 e. The number of halogens is 5. The van der Waals surface area contributed by atoms with Crippen molar-refractivity contribution in [2.75, 3.05) is 26.3 Å². The average molecular weight is 700 g/mol. The van der Waals surface area contributed by atoms with Crippen LogP contribution in [0.3, 0.4) is 0 Å². The van der Waals surface area contributed by atoms with Crippen LogP contribution in [0, 0.1) is 10.1 Å². The first kappa shape index (κ1) is 36.4. The van der Waals surface area contributed by atoms with Crippen molar-refractivity contribution < 1.29 is 29.5 Å². The zero-order chi connectivity index (χ0) is 32.1. The second-order valence-electron chi connectivity index (χ2n) is 8.68. The molecule has 0 spiro atoms. The van der Waals surface area contributed by atoms with Gasteiger partial charge in [-0.25, -0.2) is 9.78 Å². The maximum Gasteiger partial charge on any atom is 0.329 e. The van der Waals surface area contributed by atoms with Gasteiger partial charge in [-0.1, -0.05) is 64.9 Å². The first-order chi connectivity index (χ1) is 20.4. The number of alkyl halides is 2. The van der Waals surface area contributed by atoms with Crippen molar-refractivity contribution >= 4 is 75.6 Å². The van der Waals surface area contributed by atoms with Crippen molar-refractivity contribution in [3.05, 3.63) is 85.9 Å². The minimum atomic E-state index is -1.33. The smallest absolute Gasteiger partial charge is 0.329 e. The van der Waals surface area contributed by atoms with Crippen LogP contribution in [0.4, 0.5) is 10.5 Å². The molecule has 1 heterocycles.